The van der Waals surface area contributed by atoms with Gasteiger partial charge in [-0.05, 0) is 42.7 Å². The van der Waals surface area contributed by atoms with Gasteiger partial charge in [0.15, 0.2) is 5.82 Å². The molecule has 0 atom stereocenters. The summed E-state index contributed by atoms with van der Waals surface area (Å²) in [7, 11) is 3.05. The van der Waals surface area contributed by atoms with Gasteiger partial charge in [0.2, 0.25) is 5.95 Å². The molecule has 9 heteroatoms. The van der Waals surface area contributed by atoms with Gasteiger partial charge in [-0.1, -0.05) is 35.7 Å². The zero-order valence-corrected chi connectivity index (χ0v) is 18.6. The molecule has 0 aliphatic rings. The number of aromatic nitrogens is 2. The Morgan fingerprint density at radius 1 is 1.12 bits per heavy atom. The SMILES string of the molecule is COCC#CC(=O)Nc1ccc(OC)c(Nc2ncc(Cl)c(Nc3ccccc3C)n2)c1. The fraction of sp³-hybridized carbons (Fsp3) is 0.174. The van der Waals surface area contributed by atoms with E-state index in [-0.39, 0.29) is 6.61 Å². The first kappa shape index (κ1) is 22.9. The van der Waals surface area contributed by atoms with E-state index in [2.05, 4.69) is 37.8 Å². The number of anilines is 5. The van der Waals surface area contributed by atoms with Crippen LogP contribution in [0.4, 0.5) is 28.8 Å². The van der Waals surface area contributed by atoms with Crippen molar-refractivity contribution < 1.29 is 14.3 Å². The molecule has 1 amide bonds. The zero-order chi connectivity index (χ0) is 22.9. The van der Waals surface area contributed by atoms with Crippen LogP contribution in [0.25, 0.3) is 0 Å². The Labute approximate surface area is 191 Å². The van der Waals surface area contributed by atoms with E-state index in [4.69, 9.17) is 21.1 Å². The lowest BCUT2D eigenvalue weighted by Crippen LogP contribution is -2.09. The second-order valence-electron chi connectivity index (χ2n) is 6.56. The van der Waals surface area contributed by atoms with E-state index >= 15 is 0 Å². The van der Waals surface area contributed by atoms with E-state index in [1.165, 1.54) is 13.3 Å². The maximum Gasteiger partial charge on any atom is 0.300 e. The standard InChI is InChI=1S/C23H22ClN5O3/c1-15-7-4-5-8-18(15)27-22-17(24)14-25-23(29-22)28-19-13-16(10-11-20(19)32-3)26-21(30)9-6-12-31-2/h4-5,7-8,10-11,13-14H,12H2,1-3H3,(H,26,30)(H2,25,27,28,29). The van der Waals surface area contributed by atoms with E-state index < -0.39 is 5.91 Å². The van der Waals surface area contributed by atoms with Gasteiger partial charge >= 0.3 is 0 Å². The van der Waals surface area contributed by atoms with Crippen molar-refractivity contribution in [3.8, 4) is 17.6 Å². The minimum atomic E-state index is -0.453. The minimum Gasteiger partial charge on any atom is -0.495 e. The number of hydrogen-bond donors (Lipinski definition) is 3. The van der Waals surface area contributed by atoms with Crippen LogP contribution in [-0.2, 0) is 9.53 Å². The van der Waals surface area contributed by atoms with Crippen molar-refractivity contribution in [1.82, 2.24) is 9.97 Å². The number of carbonyl (C=O) groups is 1. The van der Waals surface area contributed by atoms with Gasteiger partial charge in [-0.25, -0.2) is 4.98 Å². The van der Waals surface area contributed by atoms with Crippen LogP contribution < -0.4 is 20.7 Å². The Kier molecular flexibility index (Phi) is 7.86. The van der Waals surface area contributed by atoms with Crippen LogP contribution in [0.2, 0.25) is 5.02 Å². The summed E-state index contributed by atoms with van der Waals surface area (Å²) >= 11 is 6.29. The monoisotopic (exact) mass is 451 g/mol. The van der Waals surface area contributed by atoms with Crippen molar-refractivity contribution in [2.24, 2.45) is 0 Å². The summed E-state index contributed by atoms with van der Waals surface area (Å²) in [6.45, 7) is 2.16. The van der Waals surface area contributed by atoms with E-state index in [0.29, 0.717) is 33.9 Å². The van der Waals surface area contributed by atoms with Crippen molar-refractivity contribution in [2.45, 2.75) is 6.92 Å². The summed E-state index contributed by atoms with van der Waals surface area (Å²) in [4.78, 5) is 20.7. The number of para-hydroxylation sites is 1. The number of aryl methyl sites for hydroxylation is 1. The third-order valence-electron chi connectivity index (χ3n) is 4.26. The lowest BCUT2D eigenvalue weighted by atomic mass is 10.2. The van der Waals surface area contributed by atoms with Crippen LogP contribution in [0, 0.1) is 18.8 Å². The molecule has 0 fully saturated rings. The zero-order valence-electron chi connectivity index (χ0n) is 17.8. The Balaban J connectivity index is 1.82. The molecule has 0 spiro atoms. The summed E-state index contributed by atoms with van der Waals surface area (Å²) in [6, 6.07) is 12.9. The highest BCUT2D eigenvalue weighted by Crippen LogP contribution is 2.31. The van der Waals surface area contributed by atoms with Crippen LogP contribution in [0.15, 0.2) is 48.7 Å². The highest BCUT2D eigenvalue weighted by Gasteiger charge is 2.11. The maximum absolute atomic E-state index is 12.0. The molecule has 0 aliphatic heterocycles. The van der Waals surface area contributed by atoms with Crippen molar-refractivity contribution in [1.29, 1.82) is 0 Å². The third kappa shape index (κ3) is 6.11. The summed E-state index contributed by atoms with van der Waals surface area (Å²) in [5.74, 6) is 5.89. The predicted molar refractivity (Wildman–Crippen MR) is 126 cm³/mol. The fourth-order valence-corrected chi connectivity index (χ4v) is 2.85. The van der Waals surface area contributed by atoms with Gasteiger partial charge in [0.1, 0.15) is 17.4 Å². The Morgan fingerprint density at radius 2 is 1.94 bits per heavy atom. The molecule has 3 aromatic rings. The van der Waals surface area contributed by atoms with E-state index in [1.807, 2.05) is 31.2 Å². The lowest BCUT2D eigenvalue weighted by molar-refractivity contribution is -0.111. The largest absolute Gasteiger partial charge is 0.495 e. The lowest BCUT2D eigenvalue weighted by Gasteiger charge is -2.14. The normalized spacial score (nSPS) is 10.0. The first-order valence-electron chi connectivity index (χ1n) is 9.59. The number of benzene rings is 2. The van der Waals surface area contributed by atoms with Crippen LogP contribution in [0.5, 0.6) is 5.75 Å². The molecule has 0 bridgehead atoms. The molecule has 2 aromatic carbocycles. The minimum absolute atomic E-state index is 0.176. The number of nitrogens with one attached hydrogen (secondary N) is 3. The quantitative estimate of drug-likeness (QED) is 0.454. The highest BCUT2D eigenvalue weighted by molar-refractivity contribution is 6.32. The number of ether oxygens (including phenoxy) is 2. The Morgan fingerprint density at radius 3 is 2.69 bits per heavy atom. The number of nitrogens with zero attached hydrogens (tertiary/aromatic N) is 2. The van der Waals surface area contributed by atoms with Gasteiger partial charge in [0, 0.05) is 18.5 Å². The highest BCUT2D eigenvalue weighted by atomic mass is 35.5. The second-order valence-corrected chi connectivity index (χ2v) is 6.97. The number of halogens is 1. The van der Waals surface area contributed by atoms with Crippen molar-refractivity contribution >= 4 is 46.3 Å². The van der Waals surface area contributed by atoms with Gasteiger partial charge in [0.25, 0.3) is 5.91 Å². The van der Waals surface area contributed by atoms with E-state index in [1.54, 1.807) is 25.3 Å². The predicted octanol–water partition coefficient (Wildman–Crippen LogP) is 4.52. The van der Waals surface area contributed by atoms with E-state index in [9.17, 15) is 4.79 Å². The van der Waals surface area contributed by atoms with E-state index in [0.717, 1.165) is 11.3 Å². The Hall–Kier alpha value is -3.80. The average molecular weight is 452 g/mol. The van der Waals surface area contributed by atoms with Gasteiger partial charge in [-0.15, -0.1) is 0 Å². The molecule has 1 heterocycles. The van der Waals surface area contributed by atoms with Gasteiger partial charge in [-0.2, -0.15) is 4.98 Å². The molecule has 1 aromatic heterocycles. The first-order chi connectivity index (χ1) is 15.5. The molecule has 3 rings (SSSR count). The molecule has 8 nitrogen and oxygen atoms in total. The number of amides is 1. The third-order valence-corrected chi connectivity index (χ3v) is 4.54. The number of hydrogen-bond acceptors (Lipinski definition) is 7. The first-order valence-corrected chi connectivity index (χ1v) is 9.97. The molecular formula is C23H22ClN5O3. The van der Waals surface area contributed by atoms with Crippen LogP contribution in [-0.4, -0.2) is 36.7 Å². The van der Waals surface area contributed by atoms with Crippen LogP contribution in [0.3, 0.4) is 0 Å². The molecule has 0 radical (unpaired) electrons. The average Bonchev–Trinajstić information content (AvgIpc) is 2.78. The number of carbonyl (C=O) groups excluding carboxylic acids is 1. The summed E-state index contributed by atoms with van der Waals surface area (Å²) in [6.07, 6.45) is 1.50. The van der Waals surface area contributed by atoms with Crippen LogP contribution >= 0.6 is 11.6 Å². The van der Waals surface area contributed by atoms with Crippen molar-refractivity contribution in [3.05, 3.63) is 59.2 Å². The second kappa shape index (κ2) is 11.0. The molecule has 0 saturated heterocycles. The molecule has 0 aliphatic carbocycles. The van der Waals surface area contributed by atoms with Gasteiger partial charge < -0.3 is 25.4 Å². The van der Waals surface area contributed by atoms with Gasteiger partial charge in [0.05, 0.1) is 19.0 Å². The molecule has 0 saturated carbocycles. The number of rotatable bonds is 7. The van der Waals surface area contributed by atoms with Crippen molar-refractivity contribution in [2.75, 3.05) is 36.8 Å². The summed E-state index contributed by atoms with van der Waals surface area (Å²) in [5, 5.41) is 9.40. The molecule has 3 N–H and O–H groups in total. The maximum atomic E-state index is 12.0. The molecule has 0 unspecified atom stereocenters. The Bertz CT molecular complexity index is 1170. The summed E-state index contributed by atoms with van der Waals surface area (Å²) in [5.41, 5.74) is 3.02. The van der Waals surface area contributed by atoms with Crippen LogP contribution in [0.1, 0.15) is 5.56 Å². The fourth-order valence-electron chi connectivity index (χ4n) is 2.71. The smallest absolute Gasteiger partial charge is 0.300 e. The topological polar surface area (TPSA) is 97.4 Å². The molecule has 164 valence electrons. The van der Waals surface area contributed by atoms with Crippen molar-refractivity contribution in [3.63, 3.8) is 0 Å². The summed E-state index contributed by atoms with van der Waals surface area (Å²) < 4.78 is 10.2. The number of methoxy groups -OCH3 is 2. The van der Waals surface area contributed by atoms with Gasteiger partial charge in [-0.3, -0.25) is 4.79 Å². The molecular weight excluding hydrogens is 430 g/mol. The molecule has 32 heavy (non-hydrogen) atoms.